The van der Waals surface area contributed by atoms with Gasteiger partial charge < -0.3 is 9.73 Å². The molecule has 11 heteroatoms. The van der Waals surface area contributed by atoms with Crippen LogP contribution in [0.25, 0.3) is 11.5 Å². The predicted molar refractivity (Wildman–Crippen MR) is 86.3 cm³/mol. The topological polar surface area (TPSA) is 107 Å². The fourth-order valence-electron chi connectivity index (χ4n) is 2.35. The summed E-state index contributed by atoms with van der Waals surface area (Å²) >= 11 is 0. The molecule has 1 N–H and O–H groups in total. The van der Waals surface area contributed by atoms with Crippen molar-refractivity contribution in [3.8, 4) is 11.5 Å². The van der Waals surface area contributed by atoms with Gasteiger partial charge in [-0.3, -0.25) is 10.1 Å². The third kappa shape index (κ3) is 4.16. The lowest BCUT2D eigenvalue weighted by Gasteiger charge is -2.28. The Bertz CT molecular complexity index is 804. The molecule has 2 heterocycles. The van der Waals surface area contributed by atoms with Gasteiger partial charge in [0.25, 0.3) is 5.89 Å². The first-order valence-electron chi connectivity index (χ1n) is 7.47. The lowest BCUT2D eigenvalue weighted by atomic mass is 9.97. The fourth-order valence-corrected chi connectivity index (χ4v) is 2.35. The van der Waals surface area contributed by atoms with E-state index in [1.54, 1.807) is 19.9 Å². The minimum atomic E-state index is -4.94. The fraction of sp³-hybridized carbons (Fsp3) is 0.400. The van der Waals surface area contributed by atoms with Crippen molar-refractivity contribution in [2.45, 2.75) is 38.4 Å². The molecule has 0 radical (unpaired) electrons. The first-order chi connectivity index (χ1) is 12.1. The molecule has 0 bridgehead atoms. The number of allylic oxidation sites excluding steroid dienone is 1. The number of halogens is 3. The number of nitrogens with one attached hydrogen (secondary N) is 1. The Labute approximate surface area is 146 Å². The molecule has 140 valence electrons. The van der Waals surface area contributed by atoms with Gasteiger partial charge in [0.15, 0.2) is 0 Å². The molecule has 0 saturated carbocycles. The second kappa shape index (κ2) is 7.10. The van der Waals surface area contributed by atoms with Crippen molar-refractivity contribution in [3.05, 3.63) is 40.9 Å². The van der Waals surface area contributed by atoms with Crippen molar-refractivity contribution in [1.29, 1.82) is 0 Å². The van der Waals surface area contributed by atoms with Crippen molar-refractivity contribution in [2.75, 3.05) is 5.32 Å². The molecule has 2 rings (SSSR count). The van der Waals surface area contributed by atoms with Crippen molar-refractivity contribution in [1.82, 2.24) is 15.2 Å². The average molecular weight is 371 g/mol. The number of rotatable bonds is 7. The van der Waals surface area contributed by atoms with Crippen LogP contribution in [0.4, 0.5) is 24.7 Å². The summed E-state index contributed by atoms with van der Waals surface area (Å²) in [7, 11) is 0. The summed E-state index contributed by atoms with van der Waals surface area (Å²) in [5, 5.41) is 20.6. The zero-order chi connectivity index (χ0) is 19.5. The van der Waals surface area contributed by atoms with E-state index >= 15 is 0 Å². The minimum absolute atomic E-state index is 0.475. The van der Waals surface area contributed by atoms with Crippen molar-refractivity contribution < 1.29 is 22.5 Å². The van der Waals surface area contributed by atoms with Gasteiger partial charge in [0.1, 0.15) is 23.1 Å². The lowest BCUT2D eigenvalue weighted by molar-refractivity contribution is -0.384. The highest BCUT2D eigenvalue weighted by molar-refractivity contribution is 5.76. The van der Waals surface area contributed by atoms with E-state index in [1.165, 1.54) is 0 Å². The molecule has 2 aromatic rings. The van der Waals surface area contributed by atoms with Gasteiger partial charge in [-0.15, -0.1) is 16.8 Å². The molecular formula is C15H16F3N5O3. The third-order valence-corrected chi connectivity index (χ3v) is 3.54. The maximum Gasteiger partial charge on any atom is 0.420 e. The zero-order valence-corrected chi connectivity index (χ0v) is 14.0. The monoisotopic (exact) mass is 371 g/mol. The molecule has 0 unspecified atom stereocenters. The Balaban J connectivity index is 2.69. The first kappa shape index (κ1) is 19.3. The lowest BCUT2D eigenvalue weighted by Crippen LogP contribution is -2.32. The van der Waals surface area contributed by atoms with E-state index in [-0.39, 0.29) is 0 Å². The number of nitro groups is 1. The van der Waals surface area contributed by atoms with Gasteiger partial charge >= 0.3 is 11.9 Å². The molecule has 0 aliphatic rings. The Kier molecular flexibility index (Phi) is 5.28. The number of hydrogen-bond acceptors (Lipinski definition) is 7. The molecule has 0 aliphatic heterocycles. The van der Waals surface area contributed by atoms with Crippen LogP contribution in [-0.4, -0.2) is 25.6 Å². The second-order valence-corrected chi connectivity index (χ2v) is 6.08. The molecule has 0 spiro atoms. The van der Waals surface area contributed by atoms with Crippen LogP contribution in [0.3, 0.4) is 0 Å². The largest absolute Gasteiger partial charge is 0.423 e. The highest BCUT2D eigenvalue weighted by atomic mass is 19.4. The van der Waals surface area contributed by atoms with Gasteiger partial charge in [0, 0.05) is 5.54 Å². The Morgan fingerprint density at radius 3 is 2.62 bits per heavy atom. The number of nitrogens with zero attached hydrogens (tertiary/aromatic N) is 4. The standard InChI is InChI=1S/C15H16F3N5O3/c1-4-5-6-14(2,3)21-12-11(15(16,17)18)10(13-22-20-8-26-13)9(7-19-12)23(24)25/h4,7-8H,1,5-6H2,2-3H3,(H,19,21). The van der Waals surface area contributed by atoms with Crippen LogP contribution in [-0.2, 0) is 6.18 Å². The van der Waals surface area contributed by atoms with E-state index in [1.807, 2.05) is 0 Å². The maximum absolute atomic E-state index is 13.8. The summed E-state index contributed by atoms with van der Waals surface area (Å²) in [6.45, 7) is 6.95. The number of anilines is 1. The molecule has 0 fully saturated rings. The molecule has 0 saturated heterocycles. The zero-order valence-electron chi connectivity index (χ0n) is 14.0. The molecule has 0 atom stereocenters. The minimum Gasteiger partial charge on any atom is -0.423 e. The quantitative estimate of drug-likeness (QED) is 0.441. The normalized spacial score (nSPS) is 12.0. The highest BCUT2D eigenvalue weighted by Gasteiger charge is 2.43. The summed E-state index contributed by atoms with van der Waals surface area (Å²) < 4.78 is 46.1. The summed E-state index contributed by atoms with van der Waals surface area (Å²) in [6, 6.07) is 0. The van der Waals surface area contributed by atoms with E-state index in [4.69, 9.17) is 4.42 Å². The van der Waals surface area contributed by atoms with Gasteiger partial charge in [-0.05, 0) is 26.7 Å². The molecule has 2 aromatic heterocycles. The van der Waals surface area contributed by atoms with Crippen molar-refractivity contribution >= 4 is 11.5 Å². The molecule has 26 heavy (non-hydrogen) atoms. The average Bonchev–Trinajstić information content (AvgIpc) is 3.05. The van der Waals surface area contributed by atoms with E-state index in [0.717, 1.165) is 12.6 Å². The predicted octanol–water partition coefficient (Wildman–Crippen LogP) is 4.22. The summed E-state index contributed by atoms with van der Waals surface area (Å²) in [6.07, 6.45) is -0.741. The summed E-state index contributed by atoms with van der Waals surface area (Å²) in [5.41, 5.74) is -3.81. The number of alkyl halides is 3. The first-order valence-corrected chi connectivity index (χ1v) is 7.47. The summed E-state index contributed by atoms with van der Waals surface area (Å²) in [5.74, 6) is -1.16. The van der Waals surface area contributed by atoms with Crippen LogP contribution in [0, 0.1) is 10.1 Å². The van der Waals surface area contributed by atoms with Crippen LogP contribution in [0.1, 0.15) is 32.3 Å². The van der Waals surface area contributed by atoms with Crippen LogP contribution in [0.15, 0.2) is 29.7 Å². The van der Waals surface area contributed by atoms with Crippen LogP contribution >= 0.6 is 0 Å². The van der Waals surface area contributed by atoms with Crippen molar-refractivity contribution in [2.24, 2.45) is 0 Å². The maximum atomic E-state index is 13.8. The Morgan fingerprint density at radius 1 is 1.42 bits per heavy atom. The van der Waals surface area contributed by atoms with Gasteiger partial charge in [-0.1, -0.05) is 6.08 Å². The number of aromatic nitrogens is 3. The van der Waals surface area contributed by atoms with Crippen molar-refractivity contribution in [3.63, 3.8) is 0 Å². The third-order valence-electron chi connectivity index (χ3n) is 3.54. The number of hydrogen-bond donors (Lipinski definition) is 1. The van der Waals surface area contributed by atoms with E-state index < -0.39 is 45.2 Å². The highest BCUT2D eigenvalue weighted by Crippen LogP contribution is 2.45. The molecular weight excluding hydrogens is 355 g/mol. The summed E-state index contributed by atoms with van der Waals surface area (Å²) in [4.78, 5) is 13.9. The van der Waals surface area contributed by atoms with E-state index in [9.17, 15) is 23.3 Å². The van der Waals surface area contributed by atoms with Gasteiger partial charge in [0.2, 0.25) is 6.39 Å². The SMILES string of the molecule is C=CCCC(C)(C)Nc1ncc([N+](=O)[O-])c(-c2nnco2)c1C(F)(F)F. The van der Waals surface area contributed by atoms with E-state index in [0.29, 0.717) is 12.8 Å². The molecule has 0 amide bonds. The van der Waals surface area contributed by atoms with Crippen LogP contribution < -0.4 is 5.32 Å². The van der Waals surface area contributed by atoms with Crippen LogP contribution in [0.5, 0.6) is 0 Å². The molecule has 0 aromatic carbocycles. The van der Waals surface area contributed by atoms with E-state index in [2.05, 4.69) is 27.1 Å². The van der Waals surface area contributed by atoms with Gasteiger partial charge in [-0.2, -0.15) is 13.2 Å². The second-order valence-electron chi connectivity index (χ2n) is 6.08. The van der Waals surface area contributed by atoms with Gasteiger partial charge in [0.05, 0.1) is 4.92 Å². The molecule has 8 nitrogen and oxygen atoms in total. The van der Waals surface area contributed by atoms with Crippen LogP contribution in [0.2, 0.25) is 0 Å². The van der Waals surface area contributed by atoms with Gasteiger partial charge in [-0.25, -0.2) is 4.98 Å². The Morgan fingerprint density at radius 2 is 2.12 bits per heavy atom. The number of pyridine rings is 1. The Hall–Kier alpha value is -2.98. The molecule has 0 aliphatic carbocycles. The smallest absolute Gasteiger partial charge is 0.420 e.